The lowest BCUT2D eigenvalue weighted by molar-refractivity contribution is 0.0515. The van der Waals surface area contributed by atoms with Crippen molar-refractivity contribution in [3.05, 3.63) is 46.3 Å². The highest BCUT2D eigenvalue weighted by Gasteiger charge is 2.48. The molecule has 3 heterocycles. The molecule has 0 saturated carbocycles. The minimum absolute atomic E-state index is 0.0237. The molecular weight excluding hydrogens is 423 g/mol. The van der Waals surface area contributed by atoms with Gasteiger partial charge in [0.2, 0.25) is 9.84 Å². The maximum Gasteiger partial charge on any atom is 0.256 e. The molecule has 4 rings (SSSR count). The molecule has 2 fully saturated rings. The zero-order valence-corrected chi connectivity index (χ0v) is 17.5. The fourth-order valence-electron chi connectivity index (χ4n) is 4.11. The summed E-state index contributed by atoms with van der Waals surface area (Å²) in [5.41, 5.74) is 0.250. The quantitative estimate of drug-likeness (QED) is 0.788. The molecule has 0 bridgehead atoms. The van der Waals surface area contributed by atoms with Crippen LogP contribution in [0.3, 0.4) is 0 Å². The minimum atomic E-state index is -3.83. The van der Waals surface area contributed by atoms with Gasteiger partial charge in [-0.1, -0.05) is 23.2 Å². The van der Waals surface area contributed by atoms with Crippen LogP contribution in [0.4, 0.5) is 0 Å². The monoisotopic (exact) mass is 442 g/mol. The van der Waals surface area contributed by atoms with Crippen molar-refractivity contribution in [2.75, 3.05) is 13.1 Å². The van der Waals surface area contributed by atoms with Gasteiger partial charge >= 0.3 is 0 Å². The Balaban J connectivity index is 1.77. The number of carbonyl (C=O) groups is 1. The minimum Gasteiger partial charge on any atom is -0.339 e. The summed E-state index contributed by atoms with van der Waals surface area (Å²) in [5, 5.41) is 2.89. The van der Waals surface area contributed by atoms with Crippen LogP contribution in [-0.2, 0) is 16.9 Å². The standard InChI is InChI=1S/C18H20Cl2N4O3S/c1-23-9-16(22-10-23)28(26,27)17-5-2-11-7-21-8-15(11)24(17)18(25)13-4-3-12(19)6-14(13)20/h3-4,6,9-11,15,17,21H,2,5,7-8H2,1H3. The SMILES string of the molecule is Cn1cnc(S(=O)(=O)C2CCC3CNCC3N2C(=O)c2ccc(Cl)cc2Cl)c1. The molecule has 1 aromatic carbocycles. The number of nitrogens with one attached hydrogen (secondary N) is 1. The average Bonchev–Trinajstić information content (AvgIpc) is 3.29. The number of hydrogen-bond donors (Lipinski definition) is 1. The number of carbonyl (C=O) groups excluding carboxylic acids is 1. The van der Waals surface area contributed by atoms with E-state index in [1.165, 1.54) is 23.5 Å². The van der Waals surface area contributed by atoms with E-state index in [0.717, 1.165) is 13.0 Å². The molecule has 1 aromatic heterocycles. The first-order valence-corrected chi connectivity index (χ1v) is 11.3. The van der Waals surface area contributed by atoms with Crippen molar-refractivity contribution in [1.29, 1.82) is 0 Å². The molecule has 1 N–H and O–H groups in total. The maximum atomic E-state index is 13.4. The fourth-order valence-corrected chi connectivity index (χ4v) is 6.38. The number of nitrogens with zero attached hydrogens (tertiary/aromatic N) is 3. The van der Waals surface area contributed by atoms with Gasteiger partial charge < -0.3 is 14.8 Å². The highest BCUT2D eigenvalue weighted by atomic mass is 35.5. The molecule has 0 spiro atoms. The number of amides is 1. The molecule has 3 unspecified atom stereocenters. The molecule has 2 aliphatic heterocycles. The lowest BCUT2D eigenvalue weighted by Crippen LogP contribution is -2.56. The molecule has 3 atom stereocenters. The topological polar surface area (TPSA) is 84.3 Å². The van der Waals surface area contributed by atoms with Gasteiger partial charge in [-0.2, -0.15) is 0 Å². The molecule has 2 saturated heterocycles. The van der Waals surface area contributed by atoms with E-state index >= 15 is 0 Å². The van der Waals surface area contributed by atoms with Crippen LogP contribution >= 0.6 is 23.2 Å². The molecule has 2 aromatic rings. The van der Waals surface area contributed by atoms with Crippen LogP contribution in [0.1, 0.15) is 23.2 Å². The zero-order chi connectivity index (χ0) is 20.1. The number of benzene rings is 1. The average molecular weight is 443 g/mol. The summed E-state index contributed by atoms with van der Waals surface area (Å²) in [6.07, 6.45) is 4.00. The maximum absolute atomic E-state index is 13.4. The number of halogens is 2. The third-order valence-electron chi connectivity index (χ3n) is 5.48. The number of piperidine rings is 1. The predicted molar refractivity (Wildman–Crippen MR) is 106 cm³/mol. The van der Waals surface area contributed by atoms with E-state index in [1.54, 1.807) is 23.7 Å². The Kier molecular flexibility index (Phi) is 5.16. The van der Waals surface area contributed by atoms with Gasteiger partial charge in [-0.3, -0.25) is 4.79 Å². The third-order valence-corrected chi connectivity index (χ3v) is 8.00. The van der Waals surface area contributed by atoms with Crippen molar-refractivity contribution >= 4 is 38.9 Å². The molecule has 0 radical (unpaired) electrons. The van der Waals surface area contributed by atoms with Crippen LogP contribution < -0.4 is 5.32 Å². The number of aromatic nitrogens is 2. The summed E-state index contributed by atoms with van der Waals surface area (Å²) >= 11 is 12.2. The van der Waals surface area contributed by atoms with Gasteiger partial charge in [0.25, 0.3) is 5.91 Å². The van der Waals surface area contributed by atoms with E-state index < -0.39 is 21.1 Å². The van der Waals surface area contributed by atoms with Crippen molar-refractivity contribution in [1.82, 2.24) is 19.8 Å². The summed E-state index contributed by atoms with van der Waals surface area (Å²) in [6, 6.07) is 4.41. The molecule has 2 aliphatic rings. The first kappa shape index (κ1) is 19.7. The number of likely N-dealkylation sites (tertiary alicyclic amines) is 1. The van der Waals surface area contributed by atoms with E-state index in [4.69, 9.17) is 23.2 Å². The second-order valence-electron chi connectivity index (χ2n) is 7.28. The molecule has 7 nitrogen and oxygen atoms in total. The summed E-state index contributed by atoms with van der Waals surface area (Å²) in [7, 11) is -2.12. The zero-order valence-electron chi connectivity index (χ0n) is 15.2. The Morgan fingerprint density at radius 2 is 2.04 bits per heavy atom. The van der Waals surface area contributed by atoms with Crippen LogP contribution in [0.15, 0.2) is 35.7 Å². The highest BCUT2D eigenvalue weighted by Crippen LogP contribution is 2.37. The smallest absolute Gasteiger partial charge is 0.256 e. The van der Waals surface area contributed by atoms with E-state index in [-0.39, 0.29) is 27.6 Å². The Morgan fingerprint density at radius 3 is 2.71 bits per heavy atom. The van der Waals surface area contributed by atoms with Crippen molar-refractivity contribution < 1.29 is 13.2 Å². The van der Waals surface area contributed by atoms with Crippen molar-refractivity contribution in [3.8, 4) is 0 Å². The fraction of sp³-hybridized carbons (Fsp3) is 0.444. The van der Waals surface area contributed by atoms with E-state index in [2.05, 4.69) is 10.3 Å². The normalized spacial score (nSPS) is 25.0. The Morgan fingerprint density at radius 1 is 1.25 bits per heavy atom. The van der Waals surface area contributed by atoms with Gasteiger partial charge in [0, 0.05) is 37.4 Å². The summed E-state index contributed by atoms with van der Waals surface area (Å²) < 4.78 is 28.2. The van der Waals surface area contributed by atoms with Gasteiger partial charge in [-0.15, -0.1) is 0 Å². The Hall–Kier alpha value is -1.61. The number of sulfone groups is 1. The molecule has 28 heavy (non-hydrogen) atoms. The van der Waals surface area contributed by atoms with E-state index in [1.807, 2.05) is 0 Å². The summed E-state index contributed by atoms with van der Waals surface area (Å²) in [5.74, 6) is -0.185. The number of fused-ring (bicyclic) bond motifs is 1. The number of imidazole rings is 1. The van der Waals surface area contributed by atoms with Crippen molar-refractivity contribution in [3.63, 3.8) is 0 Å². The molecular formula is C18H20Cl2N4O3S. The van der Waals surface area contributed by atoms with Gasteiger partial charge in [-0.05, 0) is 37.0 Å². The molecule has 150 valence electrons. The van der Waals surface area contributed by atoms with Crippen LogP contribution in [0.25, 0.3) is 0 Å². The van der Waals surface area contributed by atoms with Crippen LogP contribution in [0, 0.1) is 5.92 Å². The first-order chi connectivity index (χ1) is 13.3. The molecule has 0 aliphatic carbocycles. The largest absolute Gasteiger partial charge is 0.339 e. The van der Waals surface area contributed by atoms with Crippen molar-refractivity contribution in [2.45, 2.75) is 29.3 Å². The molecule has 10 heteroatoms. The van der Waals surface area contributed by atoms with Crippen LogP contribution in [0.2, 0.25) is 10.0 Å². The van der Waals surface area contributed by atoms with Gasteiger partial charge in [0.15, 0.2) is 5.03 Å². The van der Waals surface area contributed by atoms with Crippen molar-refractivity contribution in [2.24, 2.45) is 13.0 Å². The number of hydrogen-bond acceptors (Lipinski definition) is 5. The van der Waals surface area contributed by atoms with Gasteiger partial charge in [-0.25, -0.2) is 13.4 Å². The van der Waals surface area contributed by atoms with Gasteiger partial charge in [0.05, 0.1) is 16.9 Å². The lowest BCUT2D eigenvalue weighted by atomic mass is 9.91. The summed E-state index contributed by atoms with van der Waals surface area (Å²) in [6.45, 7) is 1.31. The van der Waals surface area contributed by atoms with Crippen LogP contribution in [0.5, 0.6) is 0 Å². The Labute approximate surface area is 173 Å². The second-order valence-corrected chi connectivity index (χ2v) is 10.2. The van der Waals surface area contributed by atoms with E-state index in [9.17, 15) is 13.2 Å². The molecule has 1 amide bonds. The predicted octanol–water partition coefficient (Wildman–Crippen LogP) is 2.35. The third kappa shape index (κ3) is 3.32. The lowest BCUT2D eigenvalue weighted by Gasteiger charge is -2.42. The van der Waals surface area contributed by atoms with Gasteiger partial charge in [0.1, 0.15) is 5.37 Å². The number of rotatable bonds is 3. The second kappa shape index (κ2) is 7.33. The highest BCUT2D eigenvalue weighted by molar-refractivity contribution is 7.92. The first-order valence-electron chi connectivity index (χ1n) is 8.99. The summed E-state index contributed by atoms with van der Waals surface area (Å²) in [4.78, 5) is 19.0. The Bertz CT molecular complexity index is 1020. The number of aryl methyl sites for hydroxylation is 1. The van der Waals surface area contributed by atoms with Crippen LogP contribution in [-0.4, -0.2) is 53.3 Å². The van der Waals surface area contributed by atoms with E-state index in [0.29, 0.717) is 18.0 Å².